The first-order chi connectivity index (χ1) is 10.5. The van der Waals surface area contributed by atoms with Crippen molar-refractivity contribution in [1.82, 2.24) is 10.6 Å². The van der Waals surface area contributed by atoms with Crippen LogP contribution < -0.4 is 10.6 Å². The van der Waals surface area contributed by atoms with Gasteiger partial charge in [-0.25, -0.2) is 0 Å². The summed E-state index contributed by atoms with van der Waals surface area (Å²) in [5.74, 6) is 1.75. The highest BCUT2D eigenvalue weighted by molar-refractivity contribution is 14.0. The highest BCUT2D eigenvalue weighted by atomic mass is 127. The Morgan fingerprint density at radius 1 is 1.17 bits per heavy atom. The second-order valence-corrected chi connectivity index (χ2v) is 8.16. The van der Waals surface area contributed by atoms with Crippen molar-refractivity contribution in [2.24, 2.45) is 21.7 Å². The van der Waals surface area contributed by atoms with Crippen molar-refractivity contribution in [3.63, 3.8) is 0 Å². The maximum absolute atomic E-state index is 5.32. The lowest BCUT2D eigenvalue weighted by molar-refractivity contribution is -0.0945. The lowest BCUT2D eigenvalue weighted by atomic mass is 9.78. The number of hydrogen-bond donors (Lipinski definition) is 2. The van der Waals surface area contributed by atoms with Gasteiger partial charge in [0.05, 0.1) is 19.8 Å². The van der Waals surface area contributed by atoms with Gasteiger partial charge in [-0.2, -0.15) is 0 Å². The summed E-state index contributed by atoms with van der Waals surface area (Å²) in [6.45, 7) is 13.6. The Morgan fingerprint density at radius 2 is 1.83 bits per heavy atom. The molecule has 0 aromatic heterocycles. The fourth-order valence-electron chi connectivity index (χ4n) is 3.87. The van der Waals surface area contributed by atoms with Crippen LogP contribution in [0.15, 0.2) is 4.99 Å². The predicted molar refractivity (Wildman–Crippen MR) is 109 cm³/mol. The predicted octanol–water partition coefficient (Wildman–Crippen LogP) is 3.80. The molecule has 2 N–H and O–H groups in total. The summed E-state index contributed by atoms with van der Waals surface area (Å²) in [6.07, 6.45) is 6.83. The van der Waals surface area contributed by atoms with E-state index in [1.54, 1.807) is 0 Å². The van der Waals surface area contributed by atoms with Gasteiger partial charge in [-0.15, -0.1) is 24.0 Å². The molecule has 1 aliphatic heterocycles. The van der Waals surface area contributed by atoms with Crippen molar-refractivity contribution < 1.29 is 4.74 Å². The highest BCUT2D eigenvalue weighted by Crippen LogP contribution is 2.42. The second kappa shape index (κ2) is 9.44. The second-order valence-electron chi connectivity index (χ2n) is 8.16. The molecule has 136 valence electrons. The molecule has 1 saturated heterocycles. The minimum absolute atomic E-state index is 0. The number of guanidine groups is 1. The molecule has 1 saturated carbocycles. The average molecular weight is 437 g/mol. The molecule has 0 spiro atoms. The van der Waals surface area contributed by atoms with Crippen LogP contribution in [0.1, 0.15) is 59.8 Å². The number of nitrogens with one attached hydrogen (secondary N) is 2. The van der Waals surface area contributed by atoms with Crippen molar-refractivity contribution in [1.29, 1.82) is 0 Å². The zero-order valence-corrected chi connectivity index (χ0v) is 17.7. The van der Waals surface area contributed by atoms with Crippen LogP contribution in [0.5, 0.6) is 0 Å². The highest BCUT2D eigenvalue weighted by Gasteiger charge is 2.35. The number of rotatable bonds is 7. The Morgan fingerprint density at radius 3 is 2.30 bits per heavy atom. The summed E-state index contributed by atoms with van der Waals surface area (Å²) in [7, 11) is 0. The van der Waals surface area contributed by atoms with Gasteiger partial charge < -0.3 is 15.4 Å². The molecule has 0 bridgehead atoms. The molecule has 2 rings (SSSR count). The van der Waals surface area contributed by atoms with Gasteiger partial charge in [0.25, 0.3) is 0 Å². The van der Waals surface area contributed by atoms with E-state index < -0.39 is 0 Å². The molecule has 0 amide bonds. The Balaban J connectivity index is 0.00000264. The summed E-state index contributed by atoms with van der Waals surface area (Å²) < 4.78 is 5.32. The number of aliphatic imine (C=N–C) groups is 1. The Hall–Kier alpha value is -0.0400. The lowest BCUT2D eigenvalue weighted by Gasteiger charge is -2.37. The normalized spacial score (nSPS) is 22.4. The summed E-state index contributed by atoms with van der Waals surface area (Å²) >= 11 is 0. The van der Waals surface area contributed by atoms with Crippen LogP contribution in [-0.4, -0.2) is 38.8 Å². The number of hydrogen-bond acceptors (Lipinski definition) is 2. The lowest BCUT2D eigenvalue weighted by Crippen LogP contribution is -2.46. The summed E-state index contributed by atoms with van der Waals surface area (Å²) in [5, 5.41) is 7.02. The van der Waals surface area contributed by atoms with Gasteiger partial charge in [-0.1, -0.05) is 33.6 Å². The van der Waals surface area contributed by atoms with Gasteiger partial charge in [0.15, 0.2) is 5.96 Å². The van der Waals surface area contributed by atoms with Crippen molar-refractivity contribution >= 4 is 29.9 Å². The monoisotopic (exact) mass is 437 g/mol. The fraction of sp³-hybridized carbons (Fsp3) is 0.944. The number of ether oxygens (including phenoxy) is 1. The molecule has 0 radical (unpaired) electrons. The zero-order chi connectivity index (χ0) is 16.1. The molecule has 23 heavy (non-hydrogen) atoms. The van der Waals surface area contributed by atoms with Crippen molar-refractivity contribution in [2.75, 3.05) is 32.8 Å². The molecule has 1 heterocycles. The van der Waals surface area contributed by atoms with E-state index in [0.717, 1.165) is 44.7 Å². The smallest absolute Gasteiger partial charge is 0.191 e. The van der Waals surface area contributed by atoms with Gasteiger partial charge in [0.1, 0.15) is 0 Å². The van der Waals surface area contributed by atoms with Crippen molar-refractivity contribution in [3.05, 3.63) is 0 Å². The summed E-state index contributed by atoms with van der Waals surface area (Å²) in [4.78, 5) is 4.79. The van der Waals surface area contributed by atoms with E-state index in [2.05, 4.69) is 38.3 Å². The van der Waals surface area contributed by atoms with Crippen molar-refractivity contribution in [2.45, 2.75) is 59.8 Å². The Kier molecular flexibility index (Phi) is 8.63. The van der Waals surface area contributed by atoms with Crippen LogP contribution >= 0.6 is 24.0 Å². The van der Waals surface area contributed by atoms with Crippen LogP contribution in [0.2, 0.25) is 0 Å². The molecule has 1 aliphatic carbocycles. The van der Waals surface area contributed by atoms with E-state index in [9.17, 15) is 0 Å². The molecule has 0 unspecified atom stereocenters. The number of nitrogens with zero attached hydrogens (tertiary/aromatic N) is 1. The SMILES string of the molecule is CCNC(=NCC1(C)COC1)NCC1(CC(C)C)CCCC1.I. The molecule has 2 aliphatic rings. The molecular formula is C18H36IN3O. The topological polar surface area (TPSA) is 45.7 Å². The molecule has 2 fully saturated rings. The van der Waals surface area contributed by atoms with Crippen LogP contribution in [-0.2, 0) is 4.74 Å². The molecule has 0 aromatic carbocycles. The molecule has 4 nitrogen and oxygen atoms in total. The van der Waals surface area contributed by atoms with E-state index in [0.29, 0.717) is 5.41 Å². The Bertz CT molecular complexity index is 374. The van der Waals surface area contributed by atoms with Gasteiger partial charge in [-0.3, -0.25) is 4.99 Å². The van der Waals surface area contributed by atoms with Gasteiger partial charge in [0.2, 0.25) is 0 Å². The summed E-state index contributed by atoms with van der Waals surface area (Å²) in [5.41, 5.74) is 0.721. The quantitative estimate of drug-likeness (QED) is 0.362. The first kappa shape index (κ1) is 21.0. The molecular weight excluding hydrogens is 401 g/mol. The maximum atomic E-state index is 5.32. The molecule has 0 aromatic rings. The van der Waals surface area contributed by atoms with Gasteiger partial charge in [0, 0.05) is 18.5 Å². The largest absolute Gasteiger partial charge is 0.380 e. The van der Waals surface area contributed by atoms with Crippen LogP contribution in [0, 0.1) is 16.7 Å². The van der Waals surface area contributed by atoms with E-state index in [1.807, 2.05) is 0 Å². The average Bonchev–Trinajstić information content (AvgIpc) is 2.88. The van der Waals surface area contributed by atoms with Crippen LogP contribution in [0.3, 0.4) is 0 Å². The van der Waals surface area contributed by atoms with Crippen LogP contribution in [0.4, 0.5) is 0 Å². The summed E-state index contributed by atoms with van der Waals surface area (Å²) in [6, 6.07) is 0. The standard InChI is InChI=1S/C18H35N3O.HI/c1-5-19-16(20-11-17(4)13-22-14-17)21-12-18(10-15(2)3)8-6-7-9-18;/h15H,5-14H2,1-4H3,(H2,19,20,21);1H. The van der Waals surface area contributed by atoms with E-state index >= 15 is 0 Å². The minimum Gasteiger partial charge on any atom is -0.380 e. The third-order valence-corrected chi connectivity index (χ3v) is 5.00. The third kappa shape index (κ3) is 6.40. The van der Waals surface area contributed by atoms with Gasteiger partial charge >= 0.3 is 0 Å². The number of halogens is 1. The maximum Gasteiger partial charge on any atom is 0.191 e. The minimum atomic E-state index is 0. The Labute approximate surface area is 159 Å². The zero-order valence-electron chi connectivity index (χ0n) is 15.4. The van der Waals surface area contributed by atoms with Gasteiger partial charge in [-0.05, 0) is 37.5 Å². The van der Waals surface area contributed by atoms with E-state index in [1.165, 1.54) is 32.1 Å². The van der Waals surface area contributed by atoms with E-state index in [-0.39, 0.29) is 29.4 Å². The molecule has 0 atom stereocenters. The third-order valence-electron chi connectivity index (χ3n) is 5.00. The first-order valence-electron chi connectivity index (χ1n) is 9.07. The van der Waals surface area contributed by atoms with E-state index in [4.69, 9.17) is 9.73 Å². The fourth-order valence-corrected chi connectivity index (χ4v) is 3.87. The molecule has 5 heteroatoms. The van der Waals surface area contributed by atoms with Crippen molar-refractivity contribution in [3.8, 4) is 0 Å². The first-order valence-corrected chi connectivity index (χ1v) is 9.07. The van der Waals surface area contributed by atoms with Crippen LogP contribution in [0.25, 0.3) is 0 Å².